The van der Waals surface area contributed by atoms with Crippen LogP contribution in [0.25, 0.3) is 0 Å². The van der Waals surface area contributed by atoms with Gasteiger partial charge in [0.1, 0.15) is 11.6 Å². The van der Waals surface area contributed by atoms with E-state index >= 15 is 0 Å². The highest BCUT2D eigenvalue weighted by molar-refractivity contribution is 7.89. The number of hydrogen-bond donors (Lipinski definition) is 2. The molecule has 3 rings (SSSR count). The van der Waals surface area contributed by atoms with E-state index in [1.807, 2.05) is 26.0 Å². The first kappa shape index (κ1) is 32.4. The highest BCUT2D eigenvalue weighted by Crippen LogP contribution is 2.18. The van der Waals surface area contributed by atoms with Gasteiger partial charge < -0.3 is 10.6 Å². The molecule has 0 aromatic heterocycles. The fourth-order valence-electron chi connectivity index (χ4n) is 4.49. The van der Waals surface area contributed by atoms with E-state index in [1.165, 1.54) is 46.3 Å². The second-order valence-corrected chi connectivity index (χ2v) is 12.9. The molecule has 0 heterocycles. The van der Waals surface area contributed by atoms with E-state index in [0.717, 1.165) is 24.5 Å². The van der Waals surface area contributed by atoms with Gasteiger partial charge in [-0.3, -0.25) is 4.79 Å². The first-order valence-electron chi connectivity index (χ1n) is 14.1. The van der Waals surface area contributed by atoms with E-state index in [0.29, 0.717) is 43.1 Å². The van der Waals surface area contributed by atoms with Crippen LogP contribution in [0.4, 0.5) is 8.78 Å². The van der Waals surface area contributed by atoms with E-state index in [2.05, 4.69) is 29.7 Å². The maximum absolute atomic E-state index is 13.8. The number of sulfonamides is 1. The van der Waals surface area contributed by atoms with Gasteiger partial charge in [-0.2, -0.15) is 0 Å². The van der Waals surface area contributed by atoms with E-state index in [9.17, 15) is 22.0 Å². The van der Waals surface area contributed by atoms with Gasteiger partial charge in [0.15, 0.2) is 0 Å². The van der Waals surface area contributed by atoms with Crippen LogP contribution in [-0.2, 0) is 29.4 Å². The zero-order valence-corrected chi connectivity index (χ0v) is 25.1. The summed E-state index contributed by atoms with van der Waals surface area (Å²) in [5.41, 5.74) is 3.15. The molecule has 0 unspecified atom stereocenters. The summed E-state index contributed by atoms with van der Waals surface area (Å²) < 4.78 is 54.8. The van der Waals surface area contributed by atoms with Crippen LogP contribution in [0.5, 0.6) is 0 Å². The van der Waals surface area contributed by atoms with Crippen LogP contribution in [0.1, 0.15) is 60.7 Å². The summed E-state index contributed by atoms with van der Waals surface area (Å²) in [5.74, 6) is -1.36. The third kappa shape index (κ3) is 10.0. The van der Waals surface area contributed by atoms with Gasteiger partial charge in [0.2, 0.25) is 10.0 Å². The van der Waals surface area contributed by atoms with E-state index < -0.39 is 27.7 Å². The first-order valence-corrected chi connectivity index (χ1v) is 15.5. The number of rotatable bonds is 15. The van der Waals surface area contributed by atoms with Crippen molar-refractivity contribution in [3.8, 4) is 0 Å². The van der Waals surface area contributed by atoms with Gasteiger partial charge in [-0.15, -0.1) is 0 Å². The summed E-state index contributed by atoms with van der Waals surface area (Å²) in [6, 6.07) is 17.1. The molecule has 0 fully saturated rings. The summed E-state index contributed by atoms with van der Waals surface area (Å²) in [6.07, 6.45) is 2.45. The van der Waals surface area contributed by atoms with Crippen molar-refractivity contribution in [3.63, 3.8) is 0 Å². The predicted octanol–water partition coefficient (Wildman–Crippen LogP) is 5.71. The Labute approximate surface area is 243 Å². The fourth-order valence-corrected chi connectivity index (χ4v) is 5.68. The molecular formula is C32H41F2N3O3S. The van der Waals surface area contributed by atoms with Crippen LogP contribution in [0.3, 0.4) is 0 Å². The third-order valence-electron chi connectivity index (χ3n) is 6.98. The number of amides is 1. The molecule has 0 bridgehead atoms. The van der Waals surface area contributed by atoms with Gasteiger partial charge in [-0.1, -0.05) is 45.0 Å². The van der Waals surface area contributed by atoms with Gasteiger partial charge in [-0.25, -0.2) is 21.5 Å². The van der Waals surface area contributed by atoms with Crippen LogP contribution >= 0.6 is 0 Å². The van der Waals surface area contributed by atoms with Crippen molar-refractivity contribution in [2.45, 2.75) is 63.9 Å². The molecule has 1 atom stereocenters. The monoisotopic (exact) mass is 585 g/mol. The maximum Gasteiger partial charge on any atom is 0.251 e. The minimum atomic E-state index is -3.67. The summed E-state index contributed by atoms with van der Waals surface area (Å²) in [6.45, 7) is 7.81. The lowest BCUT2D eigenvalue weighted by Crippen LogP contribution is -2.38. The summed E-state index contributed by atoms with van der Waals surface area (Å²) in [7, 11) is -2.12. The van der Waals surface area contributed by atoms with Gasteiger partial charge in [-0.05, 0) is 91.2 Å². The number of halogens is 2. The van der Waals surface area contributed by atoms with Crippen LogP contribution in [0.15, 0.2) is 71.6 Å². The molecular weight excluding hydrogens is 544 g/mol. The highest BCUT2D eigenvalue weighted by Gasteiger charge is 2.22. The molecule has 3 aromatic rings. The first-order chi connectivity index (χ1) is 19.5. The van der Waals surface area contributed by atoms with Gasteiger partial charge in [0.25, 0.3) is 5.91 Å². The average Bonchev–Trinajstić information content (AvgIpc) is 2.93. The summed E-state index contributed by atoms with van der Waals surface area (Å²) in [5, 5.41) is 6.35. The topological polar surface area (TPSA) is 78.5 Å². The fraction of sp³-hybridized carbons (Fsp3) is 0.406. The zero-order valence-electron chi connectivity index (χ0n) is 24.3. The quantitative estimate of drug-likeness (QED) is 0.224. The largest absolute Gasteiger partial charge is 0.349 e. The van der Waals surface area contributed by atoms with Crippen molar-refractivity contribution in [1.29, 1.82) is 0 Å². The van der Waals surface area contributed by atoms with Crippen LogP contribution in [0, 0.1) is 17.6 Å². The van der Waals surface area contributed by atoms with E-state index in [4.69, 9.17) is 0 Å². The van der Waals surface area contributed by atoms with Crippen molar-refractivity contribution in [1.82, 2.24) is 14.9 Å². The smallest absolute Gasteiger partial charge is 0.251 e. The number of carbonyl (C=O) groups excluding carboxylic acids is 1. The molecule has 0 aliphatic heterocycles. The van der Waals surface area contributed by atoms with Crippen LogP contribution < -0.4 is 10.6 Å². The second kappa shape index (κ2) is 15.2. The molecule has 0 aliphatic carbocycles. The number of nitrogens with zero attached hydrogens (tertiary/aromatic N) is 1. The van der Waals surface area contributed by atoms with Gasteiger partial charge in [0.05, 0.1) is 4.90 Å². The van der Waals surface area contributed by atoms with E-state index in [1.54, 1.807) is 7.05 Å². The second-order valence-electron chi connectivity index (χ2n) is 10.8. The average molecular weight is 586 g/mol. The third-order valence-corrected chi connectivity index (χ3v) is 8.86. The van der Waals surface area contributed by atoms with Crippen molar-refractivity contribution >= 4 is 15.9 Å². The number of nitrogens with one attached hydrogen (secondary N) is 2. The number of benzene rings is 3. The molecule has 9 heteroatoms. The van der Waals surface area contributed by atoms with Crippen molar-refractivity contribution in [3.05, 3.63) is 101 Å². The number of carbonyl (C=O) groups is 1. The van der Waals surface area contributed by atoms with Crippen LogP contribution in [-0.4, -0.2) is 44.8 Å². The number of aryl methyl sites for hydroxylation is 1. The normalized spacial score (nSPS) is 12.6. The molecule has 0 spiro atoms. The summed E-state index contributed by atoms with van der Waals surface area (Å²) in [4.78, 5) is 13.3. The molecule has 0 aliphatic rings. The molecule has 0 radical (unpaired) electrons. The molecule has 41 heavy (non-hydrogen) atoms. The predicted molar refractivity (Wildman–Crippen MR) is 159 cm³/mol. The Kier molecular flexibility index (Phi) is 12.0. The summed E-state index contributed by atoms with van der Waals surface area (Å²) >= 11 is 0. The Morgan fingerprint density at radius 3 is 2.20 bits per heavy atom. The SMILES string of the molecule is CCc1cccc(CNCC[C@H](Cc2cc(F)cc(F)c2)NC(=O)c2ccc(S(=O)(=O)N(C)CCC(C)C)cc2)c1. The lowest BCUT2D eigenvalue weighted by atomic mass is 10.0. The molecule has 6 nitrogen and oxygen atoms in total. The molecule has 2 N–H and O–H groups in total. The molecule has 0 saturated carbocycles. The van der Waals surface area contributed by atoms with Gasteiger partial charge >= 0.3 is 0 Å². The highest BCUT2D eigenvalue weighted by atomic mass is 32.2. The zero-order chi connectivity index (χ0) is 30.0. The molecule has 3 aromatic carbocycles. The number of hydrogen-bond acceptors (Lipinski definition) is 4. The maximum atomic E-state index is 13.8. The Hall–Kier alpha value is -3.14. The minimum absolute atomic E-state index is 0.114. The van der Waals surface area contributed by atoms with Gasteiger partial charge in [0, 0.05) is 37.8 Å². The standard InChI is InChI=1S/C32H41F2N3O3S/c1-5-24-7-6-8-25(17-24)22-35-15-13-30(20-26-18-28(33)21-29(34)19-26)36-32(38)27-9-11-31(12-10-27)41(39,40)37(4)16-14-23(2)3/h6-12,17-19,21,23,30,35H,5,13-16,20,22H2,1-4H3,(H,36,38)/t30-/m1/s1. The van der Waals surface area contributed by atoms with Crippen molar-refractivity contribution in [2.24, 2.45) is 5.92 Å². The van der Waals surface area contributed by atoms with Crippen molar-refractivity contribution < 1.29 is 22.0 Å². The van der Waals surface area contributed by atoms with Crippen LogP contribution in [0.2, 0.25) is 0 Å². The Morgan fingerprint density at radius 1 is 0.902 bits per heavy atom. The molecule has 222 valence electrons. The lowest BCUT2D eigenvalue weighted by molar-refractivity contribution is 0.0934. The minimum Gasteiger partial charge on any atom is -0.349 e. The lowest BCUT2D eigenvalue weighted by Gasteiger charge is -2.20. The van der Waals surface area contributed by atoms with E-state index in [-0.39, 0.29) is 17.2 Å². The Bertz CT molecular complexity index is 1380. The Morgan fingerprint density at radius 2 is 1.56 bits per heavy atom. The molecule has 0 saturated heterocycles. The molecule has 1 amide bonds. The van der Waals surface area contributed by atoms with Crippen molar-refractivity contribution in [2.75, 3.05) is 20.1 Å². The Balaban J connectivity index is 1.68.